The van der Waals surface area contributed by atoms with Crippen molar-refractivity contribution in [2.75, 3.05) is 13.7 Å². The Bertz CT molecular complexity index is 1370. The highest BCUT2D eigenvalue weighted by atomic mass is 32.2. The van der Waals surface area contributed by atoms with Gasteiger partial charge in [-0.2, -0.15) is 8.78 Å². The molecule has 2 aliphatic rings. The average molecular weight is 603 g/mol. The monoisotopic (exact) mass is 602 g/mol. The summed E-state index contributed by atoms with van der Waals surface area (Å²) in [6.07, 6.45) is 3.90. The number of methoxy groups -OCH3 is 1. The molecule has 2 aliphatic carbocycles. The van der Waals surface area contributed by atoms with Gasteiger partial charge in [0.15, 0.2) is 31.4 Å². The SMILES string of the molecule is COC(=O)C1C2C=CC(C2)C1C(=O)OCC(F)(F)S(=O)(=O)[O-].c1ccc([S+](c2ccccc2)c2ccccc2)cc1. The van der Waals surface area contributed by atoms with Crippen LogP contribution < -0.4 is 0 Å². The maximum atomic E-state index is 13.0. The van der Waals surface area contributed by atoms with Crippen molar-refractivity contribution in [3.63, 3.8) is 0 Å². The summed E-state index contributed by atoms with van der Waals surface area (Å²) in [6, 6.07) is 32.2. The number of carbonyl (C=O) groups excluding carboxylic acids is 2. The Labute approximate surface area is 240 Å². The number of hydrogen-bond acceptors (Lipinski definition) is 7. The van der Waals surface area contributed by atoms with Crippen molar-refractivity contribution in [3.8, 4) is 0 Å². The van der Waals surface area contributed by atoms with Crippen LogP contribution in [-0.2, 0) is 40.1 Å². The number of carbonyl (C=O) groups is 2. The zero-order valence-electron chi connectivity index (χ0n) is 22.0. The second-order valence-electron chi connectivity index (χ2n) is 9.47. The molecule has 2 bridgehead atoms. The normalized spacial score (nSPS) is 21.2. The van der Waals surface area contributed by atoms with Crippen molar-refractivity contribution in [2.24, 2.45) is 23.7 Å². The van der Waals surface area contributed by atoms with E-state index in [4.69, 9.17) is 0 Å². The minimum atomic E-state index is -5.93. The Morgan fingerprint density at radius 1 is 0.805 bits per heavy atom. The molecule has 216 valence electrons. The first-order chi connectivity index (χ1) is 19.5. The largest absolute Gasteiger partial charge is 0.743 e. The molecule has 0 aliphatic heterocycles. The highest BCUT2D eigenvalue weighted by Gasteiger charge is 2.53. The molecule has 0 spiro atoms. The Balaban J connectivity index is 0.000000191. The molecule has 11 heteroatoms. The van der Waals surface area contributed by atoms with E-state index in [1.54, 1.807) is 12.2 Å². The smallest absolute Gasteiger partial charge is 0.367 e. The van der Waals surface area contributed by atoms with E-state index in [-0.39, 0.29) is 22.7 Å². The zero-order valence-corrected chi connectivity index (χ0v) is 23.6. The van der Waals surface area contributed by atoms with E-state index in [0.29, 0.717) is 6.42 Å². The van der Waals surface area contributed by atoms with Gasteiger partial charge in [0.25, 0.3) is 0 Å². The third-order valence-corrected chi connectivity index (χ3v) is 9.97. The van der Waals surface area contributed by atoms with Crippen LogP contribution in [0.25, 0.3) is 0 Å². The van der Waals surface area contributed by atoms with Crippen LogP contribution in [-0.4, -0.2) is 43.9 Å². The third kappa shape index (κ3) is 7.03. The molecule has 0 amide bonds. The maximum Gasteiger partial charge on any atom is 0.367 e. The summed E-state index contributed by atoms with van der Waals surface area (Å²) in [5.74, 6) is -4.30. The Kier molecular flexibility index (Phi) is 9.62. The molecule has 7 nitrogen and oxygen atoms in total. The van der Waals surface area contributed by atoms with Crippen LogP contribution >= 0.6 is 0 Å². The van der Waals surface area contributed by atoms with Gasteiger partial charge in [-0.3, -0.25) is 9.59 Å². The molecule has 0 aromatic heterocycles. The van der Waals surface area contributed by atoms with Crippen LogP contribution in [0.2, 0.25) is 0 Å². The predicted molar refractivity (Wildman–Crippen MR) is 147 cm³/mol. The fourth-order valence-electron chi connectivity index (χ4n) is 5.00. The lowest BCUT2D eigenvalue weighted by Crippen LogP contribution is -2.39. The van der Waals surface area contributed by atoms with Crippen molar-refractivity contribution < 1.29 is 40.8 Å². The van der Waals surface area contributed by atoms with Crippen molar-refractivity contribution in [2.45, 2.75) is 26.4 Å². The summed E-state index contributed by atoms with van der Waals surface area (Å²) in [5, 5.41) is -4.71. The second kappa shape index (κ2) is 13.0. The number of alkyl halides is 2. The first-order valence-electron chi connectivity index (χ1n) is 12.7. The first kappa shape index (κ1) is 30.4. The molecule has 0 heterocycles. The summed E-state index contributed by atoms with van der Waals surface area (Å²) in [6.45, 7) is -1.87. The molecule has 41 heavy (non-hydrogen) atoms. The van der Waals surface area contributed by atoms with Gasteiger partial charge in [-0.1, -0.05) is 66.7 Å². The number of allylic oxidation sites excluding steroid dienone is 2. The first-order valence-corrected chi connectivity index (χ1v) is 15.3. The molecule has 0 N–H and O–H groups in total. The maximum absolute atomic E-state index is 13.0. The van der Waals surface area contributed by atoms with Gasteiger partial charge in [-0.15, -0.1) is 0 Å². The van der Waals surface area contributed by atoms with Gasteiger partial charge >= 0.3 is 17.2 Å². The van der Waals surface area contributed by atoms with E-state index in [9.17, 15) is 31.3 Å². The zero-order chi connectivity index (χ0) is 29.6. The molecular formula is C30H28F2O7S2. The van der Waals surface area contributed by atoms with Crippen molar-refractivity contribution in [3.05, 3.63) is 103 Å². The van der Waals surface area contributed by atoms with E-state index >= 15 is 0 Å². The lowest BCUT2D eigenvalue weighted by Gasteiger charge is -2.26. The van der Waals surface area contributed by atoms with Crippen LogP contribution in [0.5, 0.6) is 0 Å². The molecular weight excluding hydrogens is 574 g/mol. The van der Waals surface area contributed by atoms with Crippen LogP contribution in [0, 0.1) is 23.7 Å². The Hall–Kier alpha value is -3.54. The van der Waals surface area contributed by atoms with Gasteiger partial charge in [0.1, 0.15) is 0 Å². The van der Waals surface area contributed by atoms with Gasteiger partial charge in [0.2, 0.25) is 0 Å². The number of halogens is 2. The molecule has 4 atom stereocenters. The molecule has 1 fully saturated rings. The second-order valence-corrected chi connectivity index (χ2v) is 13.0. The lowest BCUT2D eigenvalue weighted by molar-refractivity contribution is -0.163. The van der Waals surface area contributed by atoms with Gasteiger partial charge < -0.3 is 14.0 Å². The van der Waals surface area contributed by atoms with Crippen LogP contribution in [0.15, 0.2) is 118 Å². The number of rotatable bonds is 8. The molecule has 0 saturated heterocycles. The predicted octanol–water partition coefficient (Wildman–Crippen LogP) is 5.06. The molecule has 4 unspecified atom stereocenters. The van der Waals surface area contributed by atoms with E-state index in [0.717, 1.165) is 7.11 Å². The van der Waals surface area contributed by atoms with Gasteiger partial charge in [-0.05, 0) is 54.7 Å². The summed E-state index contributed by atoms with van der Waals surface area (Å²) < 4.78 is 65.9. The number of fused-ring (bicyclic) bond motifs is 2. The fourth-order valence-corrected chi connectivity index (χ4v) is 7.31. The summed E-state index contributed by atoms with van der Waals surface area (Å²) in [4.78, 5) is 27.7. The topological polar surface area (TPSA) is 110 Å². The summed E-state index contributed by atoms with van der Waals surface area (Å²) in [7, 11) is -4.81. The minimum Gasteiger partial charge on any atom is -0.743 e. The van der Waals surface area contributed by atoms with E-state index in [2.05, 4.69) is 100 Å². The summed E-state index contributed by atoms with van der Waals surface area (Å²) >= 11 is 0. The molecule has 3 aromatic carbocycles. The summed E-state index contributed by atoms with van der Waals surface area (Å²) in [5.41, 5.74) is 0. The Morgan fingerprint density at radius 2 is 1.20 bits per heavy atom. The highest BCUT2D eigenvalue weighted by molar-refractivity contribution is 7.97. The van der Waals surface area contributed by atoms with Crippen molar-refractivity contribution >= 4 is 33.0 Å². The number of hydrogen-bond donors (Lipinski definition) is 0. The van der Waals surface area contributed by atoms with Gasteiger partial charge in [0.05, 0.1) is 29.8 Å². The molecule has 5 rings (SSSR count). The van der Waals surface area contributed by atoms with Gasteiger partial charge in [0, 0.05) is 0 Å². The lowest BCUT2D eigenvalue weighted by atomic mass is 9.83. The van der Waals surface area contributed by atoms with E-state index < -0.39 is 45.8 Å². The number of ether oxygens (including phenoxy) is 2. The molecule has 3 aromatic rings. The average Bonchev–Trinajstić information content (AvgIpc) is 3.60. The fraction of sp³-hybridized carbons (Fsp3) is 0.267. The van der Waals surface area contributed by atoms with Crippen molar-refractivity contribution in [1.82, 2.24) is 0 Å². The third-order valence-electron chi connectivity index (χ3n) is 6.89. The number of benzene rings is 3. The van der Waals surface area contributed by atoms with E-state index in [1.807, 2.05) is 0 Å². The Morgan fingerprint density at radius 3 is 1.56 bits per heavy atom. The van der Waals surface area contributed by atoms with Gasteiger partial charge in [-0.25, -0.2) is 8.42 Å². The minimum absolute atomic E-state index is 0.0146. The van der Waals surface area contributed by atoms with Crippen LogP contribution in [0.4, 0.5) is 8.78 Å². The molecule has 0 radical (unpaired) electrons. The molecule has 1 saturated carbocycles. The van der Waals surface area contributed by atoms with Crippen molar-refractivity contribution in [1.29, 1.82) is 0 Å². The van der Waals surface area contributed by atoms with E-state index in [1.165, 1.54) is 14.7 Å². The standard InChI is InChI=1S/C18H15S.C12H14F2O7S/c1-4-10-16(11-5-1)19(17-12-6-2-7-13-17)18-14-8-3-9-15-18;1-20-10(15)8-6-2-3-7(4-6)9(8)11(16)21-5-12(13,14)22(17,18)19/h1-15H;2-3,6-9H,4-5H2,1H3,(H,17,18,19)/q+1;/p-1. The van der Waals surface area contributed by atoms with Crippen LogP contribution in [0.3, 0.4) is 0 Å². The van der Waals surface area contributed by atoms with Crippen LogP contribution in [0.1, 0.15) is 6.42 Å². The highest BCUT2D eigenvalue weighted by Crippen LogP contribution is 2.49. The quantitative estimate of drug-likeness (QED) is 0.153. The number of esters is 2.